The number of rotatable bonds is 5. The number of carbonyl (C=O) groups excluding carboxylic acids is 1. The Morgan fingerprint density at radius 1 is 1.02 bits per heavy atom. The quantitative estimate of drug-likeness (QED) is 0.313. The lowest BCUT2D eigenvalue weighted by Gasteiger charge is -2.30. The number of H-pyrrole nitrogens is 1. The molecular formula is C31H25ClF3N3O3. The largest absolute Gasteiger partial charge is 0.416 e. The summed E-state index contributed by atoms with van der Waals surface area (Å²) in [5.41, 5.74) is 1.50. The summed E-state index contributed by atoms with van der Waals surface area (Å²) in [4.78, 5) is 35.6. The van der Waals surface area contributed by atoms with E-state index in [0.29, 0.717) is 39.7 Å². The summed E-state index contributed by atoms with van der Waals surface area (Å²) < 4.78 is 39.6. The van der Waals surface area contributed by atoms with Gasteiger partial charge in [-0.05, 0) is 65.4 Å². The number of nitrogens with zero attached hydrogens (tertiary/aromatic N) is 2. The smallest absolute Gasteiger partial charge is 0.378 e. The molecule has 1 atom stereocenters. The molecule has 3 aromatic carbocycles. The number of aromatic nitrogens is 2. The number of amides is 1. The SMILES string of the molecule is O=C([C@H](O)c1cccc(-c2cccc(C(F)(F)F)c2)c1)N1CCc2nc(C3(c4cccc(Cl)c4)CC3)[nH]c(=O)c2C1. The molecule has 0 saturated heterocycles. The summed E-state index contributed by atoms with van der Waals surface area (Å²) >= 11 is 6.20. The van der Waals surface area contributed by atoms with E-state index in [1.165, 1.54) is 23.1 Å². The van der Waals surface area contributed by atoms with E-state index in [-0.39, 0.29) is 29.6 Å². The lowest BCUT2D eigenvalue weighted by atomic mass is 9.94. The number of fused-ring (bicyclic) bond motifs is 1. The Morgan fingerprint density at radius 2 is 1.73 bits per heavy atom. The fraction of sp³-hybridized carbons (Fsp3) is 0.258. The van der Waals surface area contributed by atoms with Gasteiger partial charge < -0.3 is 15.0 Å². The number of aliphatic hydroxyl groups is 1. The van der Waals surface area contributed by atoms with E-state index in [4.69, 9.17) is 16.6 Å². The summed E-state index contributed by atoms with van der Waals surface area (Å²) in [6, 6.07) is 18.6. The number of nitrogens with one attached hydrogen (secondary N) is 1. The molecule has 1 saturated carbocycles. The molecule has 1 aromatic heterocycles. The predicted molar refractivity (Wildman–Crippen MR) is 147 cm³/mol. The Labute approximate surface area is 238 Å². The molecule has 1 aliphatic carbocycles. The second-order valence-electron chi connectivity index (χ2n) is 10.5. The van der Waals surface area contributed by atoms with Crippen LogP contribution in [0.1, 0.15) is 52.7 Å². The van der Waals surface area contributed by atoms with Crippen molar-refractivity contribution in [2.24, 2.45) is 0 Å². The molecule has 1 aliphatic heterocycles. The van der Waals surface area contributed by atoms with Crippen LogP contribution in [0.2, 0.25) is 5.02 Å². The number of aromatic amines is 1. The highest BCUT2D eigenvalue weighted by molar-refractivity contribution is 6.30. The second-order valence-corrected chi connectivity index (χ2v) is 11.0. The highest BCUT2D eigenvalue weighted by atomic mass is 35.5. The topological polar surface area (TPSA) is 86.3 Å². The molecule has 2 aliphatic rings. The Bertz CT molecular complexity index is 1710. The first kappa shape index (κ1) is 27.2. The molecule has 0 radical (unpaired) electrons. The van der Waals surface area contributed by atoms with Crippen molar-refractivity contribution >= 4 is 17.5 Å². The maximum Gasteiger partial charge on any atom is 0.416 e. The third-order valence-electron chi connectivity index (χ3n) is 7.92. The van der Waals surface area contributed by atoms with Crippen LogP contribution < -0.4 is 5.56 Å². The number of carbonyl (C=O) groups is 1. The number of halogens is 4. The molecule has 1 amide bonds. The minimum absolute atomic E-state index is 0.00861. The third-order valence-corrected chi connectivity index (χ3v) is 8.16. The van der Waals surface area contributed by atoms with Gasteiger partial charge in [-0.2, -0.15) is 13.2 Å². The van der Waals surface area contributed by atoms with Gasteiger partial charge in [0.1, 0.15) is 5.82 Å². The van der Waals surface area contributed by atoms with Crippen LogP contribution in [0.25, 0.3) is 11.1 Å². The minimum Gasteiger partial charge on any atom is -0.378 e. The second kappa shape index (κ2) is 10.2. The van der Waals surface area contributed by atoms with Gasteiger partial charge in [0.15, 0.2) is 6.10 Å². The van der Waals surface area contributed by atoms with Gasteiger partial charge in [0, 0.05) is 18.0 Å². The highest BCUT2D eigenvalue weighted by Crippen LogP contribution is 2.52. The van der Waals surface area contributed by atoms with Crippen molar-refractivity contribution in [1.82, 2.24) is 14.9 Å². The van der Waals surface area contributed by atoms with Crippen molar-refractivity contribution in [1.29, 1.82) is 0 Å². The highest BCUT2D eigenvalue weighted by Gasteiger charge is 2.49. The zero-order valence-corrected chi connectivity index (χ0v) is 22.5. The van der Waals surface area contributed by atoms with Crippen LogP contribution in [0, 0.1) is 0 Å². The van der Waals surface area contributed by atoms with Crippen LogP contribution in [0.15, 0.2) is 77.6 Å². The Balaban J connectivity index is 1.22. The van der Waals surface area contributed by atoms with Crippen molar-refractivity contribution in [3.05, 3.63) is 122 Å². The molecule has 1 fully saturated rings. The molecule has 0 bridgehead atoms. The van der Waals surface area contributed by atoms with Crippen LogP contribution in [0.3, 0.4) is 0 Å². The maximum atomic E-state index is 13.3. The summed E-state index contributed by atoms with van der Waals surface area (Å²) in [7, 11) is 0. The predicted octanol–water partition coefficient (Wildman–Crippen LogP) is 5.81. The summed E-state index contributed by atoms with van der Waals surface area (Å²) in [6.45, 7) is 0.252. The standard InChI is InChI=1S/C31H25ClF3N3O3/c32-23-9-3-7-21(16-23)30(11-12-30)29-36-25-10-13-38(17-24(25)27(40)37-29)28(41)26(39)20-6-1-4-18(14-20)19-5-2-8-22(15-19)31(33,34)35/h1-9,14-16,26,39H,10-13,17H2,(H,36,37,40)/t26-/m1/s1. The first-order chi connectivity index (χ1) is 19.5. The van der Waals surface area contributed by atoms with E-state index in [1.807, 2.05) is 18.2 Å². The van der Waals surface area contributed by atoms with Gasteiger partial charge in [-0.3, -0.25) is 9.59 Å². The fourth-order valence-electron chi connectivity index (χ4n) is 5.49. The number of benzene rings is 3. The van der Waals surface area contributed by atoms with Gasteiger partial charge in [-0.1, -0.05) is 54.1 Å². The summed E-state index contributed by atoms with van der Waals surface area (Å²) in [5.74, 6) is -0.00681. The molecule has 6 nitrogen and oxygen atoms in total. The van der Waals surface area contributed by atoms with Gasteiger partial charge in [-0.25, -0.2) is 4.98 Å². The molecule has 2 N–H and O–H groups in total. The number of hydrogen-bond acceptors (Lipinski definition) is 4. The average Bonchev–Trinajstić information content (AvgIpc) is 3.78. The van der Waals surface area contributed by atoms with E-state index in [0.717, 1.165) is 30.5 Å². The van der Waals surface area contributed by atoms with Gasteiger partial charge >= 0.3 is 6.18 Å². The molecule has 10 heteroatoms. The van der Waals surface area contributed by atoms with E-state index >= 15 is 0 Å². The Hall–Kier alpha value is -3.95. The van der Waals surface area contributed by atoms with Crippen molar-refractivity contribution < 1.29 is 23.1 Å². The normalized spacial score (nSPS) is 16.7. The van der Waals surface area contributed by atoms with E-state index in [2.05, 4.69) is 4.98 Å². The van der Waals surface area contributed by atoms with E-state index < -0.39 is 23.8 Å². The zero-order chi connectivity index (χ0) is 28.9. The Kier molecular flexibility index (Phi) is 6.74. The minimum atomic E-state index is -4.49. The van der Waals surface area contributed by atoms with Gasteiger partial charge in [0.05, 0.1) is 28.8 Å². The van der Waals surface area contributed by atoms with Crippen LogP contribution in [0.5, 0.6) is 0 Å². The lowest BCUT2D eigenvalue weighted by molar-refractivity contribution is -0.141. The molecule has 2 heterocycles. The van der Waals surface area contributed by atoms with Crippen LogP contribution in [0.4, 0.5) is 13.2 Å². The third kappa shape index (κ3) is 5.15. The molecule has 210 valence electrons. The first-order valence-electron chi connectivity index (χ1n) is 13.2. The first-order valence-corrected chi connectivity index (χ1v) is 13.6. The van der Waals surface area contributed by atoms with Gasteiger partial charge in [0.25, 0.3) is 11.5 Å². The average molecular weight is 580 g/mol. The summed E-state index contributed by atoms with van der Waals surface area (Å²) in [6.07, 6.45) is -4.02. The number of alkyl halides is 3. The van der Waals surface area contributed by atoms with Crippen LogP contribution in [-0.4, -0.2) is 32.4 Å². The van der Waals surface area contributed by atoms with Crippen molar-refractivity contribution in [3.8, 4) is 11.1 Å². The van der Waals surface area contributed by atoms with E-state index in [1.54, 1.807) is 24.3 Å². The zero-order valence-electron chi connectivity index (χ0n) is 21.7. The molecule has 4 aromatic rings. The molecular weight excluding hydrogens is 555 g/mol. The molecule has 0 unspecified atom stereocenters. The van der Waals surface area contributed by atoms with Crippen molar-refractivity contribution in [2.45, 2.75) is 43.5 Å². The van der Waals surface area contributed by atoms with Crippen LogP contribution in [-0.2, 0) is 29.4 Å². The van der Waals surface area contributed by atoms with Crippen LogP contribution >= 0.6 is 11.6 Å². The fourth-order valence-corrected chi connectivity index (χ4v) is 5.68. The van der Waals surface area contributed by atoms with Crippen molar-refractivity contribution in [2.75, 3.05) is 6.54 Å². The number of aliphatic hydroxyl groups excluding tert-OH is 1. The number of hydrogen-bond donors (Lipinski definition) is 2. The van der Waals surface area contributed by atoms with E-state index in [9.17, 15) is 27.9 Å². The Morgan fingerprint density at radius 3 is 2.44 bits per heavy atom. The van der Waals surface area contributed by atoms with Gasteiger partial charge in [0.2, 0.25) is 0 Å². The molecule has 0 spiro atoms. The maximum absolute atomic E-state index is 13.3. The van der Waals surface area contributed by atoms with Gasteiger partial charge in [-0.15, -0.1) is 0 Å². The molecule has 41 heavy (non-hydrogen) atoms. The monoisotopic (exact) mass is 579 g/mol. The molecule has 6 rings (SSSR count). The summed E-state index contributed by atoms with van der Waals surface area (Å²) in [5, 5.41) is 11.6. The van der Waals surface area contributed by atoms with Crippen molar-refractivity contribution in [3.63, 3.8) is 0 Å². The lowest BCUT2D eigenvalue weighted by Crippen LogP contribution is -2.42.